The number of aryl methyl sites for hydroxylation is 1. The maximum absolute atomic E-state index is 12.6. The fourth-order valence-electron chi connectivity index (χ4n) is 2.82. The van der Waals surface area contributed by atoms with Crippen molar-refractivity contribution >= 4 is 40.9 Å². The van der Waals surface area contributed by atoms with Crippen LogP contribution in [0.15, 0.2) is 66.2 Å². The van der Waals surface area contributed by atoms with Crippen LogP contribution in [0, 0.1) is 18.3 Å². The minimum atomic E-state index is -0.511. The van der Waals surface area contributed by atoms with Gasteiger partial charge in [0.25, 0.3) is 5.91 Å². The predicted molar refractivity (Wildman–Crippen MR) is 127 cm³/mol. The molecule has 0 spiro atoms. The Hall–Kier alpha value is -3.46. The van der Waals surface area contributed by atoms with Gasteiger partial charge in [0.05, 0.1) is 17.2 Å². The third-order valence-corrected chi connectivity index (χ3v) is 5.31. The number of nitriles is 1. The molecule has 0 aliphatic carbocycles. The van der Waals surface area contributed by atoms with E-state index in [-0.39, 0.29) is 12.2 Å². The SMILES string of the molecule is COc1ccc(/C=C(\C#N)C(=O)Nc2ccc(C)cc2)c(OCc2ccc(Cl)c(Cl)c2)c1. The van der Waals surface area contributed by atoms with Crippen molar-refractivity contribution in [1.82, 2.24) is 0 Å². The van der Waals surface area contributed by atoms with Gasteiger partial charge in [0.2, 0.25) is 0 Å². The Kier molecular flexibility index (Phi) is 7.77. The van der Waals surface area contributed by atoms with Crippen molar-refractivity contribution in [3.8, 4) is 17.6 Å². The summed E-state index contributed by atoms with van der Waals surface area (Å²) in [5.41, 5.74) is 2.99. The number of benzene rings is 3. The van der Waals surface area contributed by atoms with Crippen molar-refractivity contribution in [1.29, 1.82) is 5.26 Å². The number of anilines is 1. The van der Waals surface area contributed by atoms with Crippen LogP contribution in [0.2, 0.25) is 10.0 Å². The molecule has 1 N–H and O–H groups in total. The quantitative estimate of drug-likeness (QED) is 0.321. The van der Waals surface area contributed by atoms with E-state index < -0.39 is 5.91 Å². The minimum absolute atomic E-state index is 0.0601. The van der Waals surface area contributed by atoms with Gasteiger partial charge in [-0.2, -0.15) is 5.26 Å². The normalized spacial score (nSPS) is 10.9. The van der Waals surface area contributed by atoms with Crippen LogP contribution in [0.5, 0.6) is 11.5 Å². The lowest BCUT2D eigenvalue weighted by molar-refractivity contribution is -0.112. The summed E-state index contributed by atoms with van der Waals surface area (Å²) in [5, 5.41) is 13.2. The molecule has 0 atom stereocenters. The number of amides is 1. The standard InChI is InChI=1S/C25H20Cl2N2O3/c1-16-3-7-20(8-4-16)29-25(30)19(14-28)12-18-6-9-21(31-2)13-24(18)32-15-17-5-10-22(26)23(27)11-17/h3-13H,15H2,1-2H3,(H,29,30)/b19-12+. The molecule has 0 aliphatic heterocycles. The highest BCUT2D eigenvalue weighted by Crippen LogP contribution is 2.29. The van der Waals surface area contributed by atoms with Crippen LogP contribution in [-0.4, -0.2) is 13.0 Å². The molecule has 162 valence electrons. The van der Waals surface area contributed by atoms with Crippen molar-refractivity contribution < 1.29 is 14.3 Å². The second kappa shape index (κ2) is 10.7. The number of halogens is 2. The molecule has 5 nitrogen and oxygen atoms in total. The van der Waals surface area contributed by atoms with Gasteiger partial charge in [-0.1, -0.05) is 47.0 Å². The Labute approximate surface area is 196 Å². The number of hydrogen-bond acceptors (Lipinski definition) is 4. The van der Waals surface area contributed by atoms with Gasteiger partial charge in [0.15, 0.2) is 0 Å². The van der Waals surface area contributed by atoms with Crippen LogP contribution >= 0.6 is 23.2 Å². The van der Waals surface area contributed by atoms with E-state index in [4.69, 9.17) is 32.7 Å². The van der Waals surface area contributed by atoms with E-state index in [2.05, 4.69) is 5.32 Å². The first-order valence-electron chi connectivity index (χ1n) is 9.64. The minimum Gasteiger partial charge on any atom is -0.497 e. The first kappa shape index (κ1) is 23.2. The Morgan fingerprint density at radius 1 is 1.06 bits per heavy atom. The van der Waals surface area contributed by atoms with Gasteiger partial charge < -0.3 is 14.8 Å². The molecule has 0 aromatic heterocycles. The second-order valence-corrected chi connectivity index (χ2v) is 7.75. The lowest BCUT2D eigenvalue weighted by Crippen LogP contribution is -2.13. The van der Waals surface area contributed by atoms with Crippen LogP contribution < -0.4 is 14.8 Å². The van der Waals surface area contributed by atoms with Crippen LogP contribution in [0.4, 0.5) is 5.69 Å². The van der Waals surface area contributed by atoms with Crippen molar-refractivity contribution in [2.45, 2.75) is 13.5 Å². The highest BCUT2D eigenvalue weighted by molar-refractivity contribution is 6.42. The van der Waals surface area contributed by atoms with E-state index in [1.54, 1.807) is 55.6 Å². The summed E-state index contributed by atoms with van der Waals surface area (Å²) >= 11 is 12.0. The lowest BCUT2D eigenvalue weighted by Gasteiger charge is -2.12. The second-order valence-electron chi connectivity index (χ2n) is 6.93. The average Bonchev–Trinajstić information content (AvgIpc) is 2.80. The number of nitrogens with one attached hydrogen (secondary N) is 1. The van der Waals surface area contributed by atoms with E-state index in [1.807, 2.05) is 25.1 Å². The highest BCUT2D eigenvalue weighted by atomic mass is 35.5. The molecule has 0 heterocycles. The highest BCUT2D eigenvalue weighted by Gasteiger charge is 2.13. The van der Waals surface area contributed by atoms with Crippen LogP contribution in [0.1, 0.15) is 16.7 Å². The maximum atomic E-state index is 12.6. The molecule has 0 radical (unpaired) electrons. The summed E-state index contributed by atoms with van der Waals surface area (Å²) < 4.78 is 11.2. The van der Waals surface area contributed by atoms with Gasteiger partial charge in [-0.3, -0.25) is 4.79 Å². The molecule has 7 heteroatoms. The van der Waals surface area contributed by atoms with Crippen LogP contribution in [0.3, 0.4) is 0 Å². The summed E-state index contributed by atoms with van der Waals surface area (Å²) in [6.45, 7) is 2.16. The van der Waals surface area contributed by atoms with Crippen molar-refractivity contribution in [3.05, 3.63) is 93.0 Å². The van der Waals surface area contributed by atoms with Gasteiger partial charge in [-0.05, 0) is 55.0 Å². The number of nitrogens with zero attached hydrogens (tertiary/aromatic N) is 1. The Morgan fingerprint density at radius 2 is 1.81 bits per heavy atom. The van der Waals surface area contributed by atoms with Crippen molar-refractivity contribution in [2.24, 2.45) is 0 Å². The van der Waals surface area contributed by atoms with Gasteiger partial charge in [0.1, 0.15) is 29.7 Å². The third-order valence-electron chi connectivity index (χ3n) is 4.57. The van der Waals surface area contributed by atoms with Gasteiger partial charge in [-0.25, -0.2) is 0 Å². The molecule has 1 amide bonds. The van der Waals surface area contributed by atoms with E-state index >= 15 is 0 Å². The van der Waals surface area contributed by atoms with Crippen molar-refractivity contribution in [2.75, 3.05) is 12.4 Å². The molecule has 3 aromatic carbocycles. The zero-order valence-electron chi connectivity index (χ0n) is 17.5. The number of hydrogen-bond donors (Lipinski definition) is 1. The van der Waals surface area contributed by atoms with Crippen LogP contribution in [0.25, 0.3) is 6.08 Å². The summed E-state index contributed by atoms with van der Waals surface area (Å²) in [7, 11) is 1.54. The molecule has 0 bridgehead atoms. The summed E-state index contributed by atoms with van der Waals surface area (Å²) in [6, 6.07) is 19.6. The fourth-order valence-corrected chi connectivity index (χ4v) is 3.14. The summed E-state index contributed by atoms with van der Waals surface area (Å²) in [5.74, 6) is 0.516. The molecule has 0 fully saturated rings. The maximum Gasteiger partial charge on any atom is 0.266 e. The smallest absolute Gasteiger partial charge is 0.266 e. The summed E-state index contributed by atoms with van der Waals surface area (Å²) in [4.78, 5) is 12.6. The number of carbonyl (C=O) groups is 1. The predicted octanol–water partition coefficient (Wildman–Crippen LogP) is 6.44. The third kappa shape index (κ3) is 6.04. The van der Waals surface area contributed by atoms with E-state index in [9.17, 15) is 10.1 Å². The number of ether oxygens (including phenoxy) is 2. The zero-order chi connectivity index (χ0) is 23.1. The molecular formula is C25H20Cl2N2O3. The number of methoxy groups -OCH3 is 1. The fraction of sp³-hybridized carbons (Fsp3) is 0.120. The number of rotatable bonds is 7. The Balaban J connectivity index is 1.85. The van der Waals surface area contributed by atoms with Gasteiger partial charge >= 0.3 is 0 Å². The largest absolute Gasteiger partial charge is 0.497 e. The molecule has 3 rings (SSSR count). The number of carbonyl (C=O) groups excluding carboxylic acids is 1. The zero-order valence-corrected chi connectivity index (χ0v) is 19.0. The molecule has 0 saturated heterocycles. The first-order chi connectivity index (χ1) is 15.4. The molecule has 0 aliphatic rings. The molecule has 0 saturated carbocycles. The van der Waals surface area contributed by atoms with Gasteiger partial charge in [-0.15, -0.1) is 0 Å². The Bertz CT molecular complexity index is 1200. The Morgan fingerprint density at radius 3 is 2.47 bits per heavy atom. The monoisotopic (exact) mass is 466 g/mol. The van der Waals surface area contributed by atoms with E-state index in [1.165, 1.54) is 6.08 Å². The van der Waals surface area contributed by atoms with E-state index in [0.29, 0.717) is 32.8 Å². The average molecular weight is 467 g/mol. The van der Waals surface area contributed by atoms with E-state index in [0.717, 1.165) is 11.1 Å². The molecular weight excluding hydrogens is 447 g/mol. The molecule has 3 aromatic rings. The summed E-state index contributed by atoms with van der Waals surface area (Å²) in [6.07, 6.45) is 1.48. The topological polar surface area (TPSA) is 71.3 Å². The van der Waals surface area contributed by atoms with Crippen molar-refractivity contribution in [3.63, 3.8) is 0 Å². The van der Waals surface area contributed by atoms with Gasteiger partial charge in [0, 0.05) is 17.3 Å². The lowest BCUT2D eigenvalue weighted by atomic mass is 10.1. The van der Waals surface area contributed by atoms with Crippen LogP contribution in [-0.2, 0) is 11.4 Å². The molecule has 32 heavy (non-hydrogen) atoms. The molecule has 0 unspecified atom stereocenters. The first-order valence-corrected chi connectivity index (χ1v) is 10.4.